The molecule has 1 aliphatic rings. The summed E-state index contributed by atoms with van der Waals surface area (Å²) in [5, 5.41) is 9.29. The quantitative estimate of drug-likeness (QED) is 0.898. The summed E-state index contributed by atoms with van der Waals surface area (Å²) < 4.78 is 0.760. The van der Waals surface area contributed by atoms with Gasteiger partial charge in [0.25, 0.3) is 5.91 Å². The number of hydrogen-bond donors (Lipinski definition) is 1. The molecule has 1 fully saturated rings. The Hall–Kier alpha value is -1.07. The number of carboxylic acid groups (broad SMARTS) is 1. The van der Waals surface area contributed by atoms with Crippen molar-refractivity contribution in [1.82, 2.24) is 4.90 Å². The molecule has 0 atom stereocenters. The summed E-state index contributed by atoms with van der Waals surface area (Å²) in [5.74, 6) is -0.646. The van der Waals surface area contributed by atoms with Crippen molar-refractivity contribution in [3.8, 4) is 0 Å². The van der Waals surface area contributed by atoms with Gasteiger partial charge >= 0.3 is 5.97 Å². The van der Waals surface area contributed by atoms with E-state index in [1.54, 1.807) is 23.1 Å². The Labute approximate surface area is 130 Å². The second-order valence-corrected chi connectivity index (χ2v) is 6.22. The molecule has 0 radical (unpaired) electrons. The molecule has 1 aromatic rings. The van der Waals surface area contributed by atoms with Crippen LogP contribution in [-0.4, -0.2) is 35.0 Å². The van der Waals surface area contributed by atoms with Gasteiger partial charge in [0.05, 0.1) is 5.02 Å². The van der Waals surface area contributed by atoms with Crippen molar-refractivity contribution in [2.75, 3.05) is 13.1 Å². The fourth-order valence-electron chi connectivity index (χ4n) is 2.40. The lowest BCUT2D eigenvalue weighted by Crippen LogP contribution is -2.38. The lowest BCUT2D eigenvalue weighted by molar-refractivity contribution is -0.138. The first-order valence-electron chi connectivity index (χ1n) is 6.43. The van der Waals surface area contributed by atoms with E-state index in [-0.39, 0.29) is 18.2 Å². The molecule has 1 saturated heterocycles. The maximum atomic E-state index is 12.3. The van der Waals surface area contributed by atoms with Gasteiger partial charge in [-0.25, -0.2) is 0 Å². The summed E-state index contributed by atoms with van der Waals surface area (Å²) in [6, 6.07) is 5.14. The van der Waals surface area contributed by atoms with Crippen LogP contribution >= 0.6 is 27.5 Å². The minimum atomic E-state index is -0.769. The molecular weight excluding hydrogens is 346 g/mol. The number of benzene rings is 1. The van der Waals surface area contributed by atoms with Crippen molar-refractivity contribution in [3.05, 3.63) is 33.3 Å². The SMILES string of the molecule is O=C(O)CC1CCN(C(=O)c2ccc(Br)c(Cl)c2)CC1. The predicted octanol–water partition coefficient (Wildman–Crippen LogP) is 3.43. The van der Waals surface area contributed by atoms with Crippen LogP contribution in [0.1, 0.15) is 29.6 Å². The van der Waals surface area contributed by atoms with E-state index in [0.29, 0.717) is 23.7 Å². The number of aliphatic carboxylic acids is 1. The van der Waals surface area contributed by atoms with Crippen LogP contribution in [-0.2, 0) is 4.79 Å². The van der Waals surface area contributed by atoms with E-state index in [9.17, 15) is 9.59 Å². The van der Waals surface area contributed by atoms with Crippen LogP contribution in [0, 0.1) is 5.92 Å². The Morgan fingerprint density at radius 1 is 1.35 bits per heavy atom. The van der Waals surface area contributed by atoms with Crippen LogP contribution in [0.4, 0.5) is 0 Å². The van der Waals surface area contributed by atoms with Crippen LogP contribution < -0.4 is 0 Å². The molecular formula is C14H15BrClNO3. The third-order valence-corrected chi connectivity index (χ3v) is 4.76. The minimum Gasteiger partial charge on any atom is -0.481 e. The number of carboxylic acids is 1. The highest BCUT2D eigenvalue weighted by molar-refractivity contribution is 9.10. The van der Waals surface area contributed by atoms with Gasteiger partial charge in [-0.2, -0.15) is 0 Å². The van der Waals surface area contributed by atoms with Gasteiger partial charge in [0.1, 0.15) is 0 Å². The van der Waals surface area contributed by atoms with E-state index < -0.39 is 5.97 Å². The van der Waals surface area contributed by atoms with Crippen LogP contribution in [0.25, 0.3) is 0 Å². The van der Waals surface area contributed by atoms with Gasteiger partial charge in [-0.1, -0.05) is 11.6 Å². The summed E-state index contributed by atoms with van der Waals surface area (Å²) in [5.41, 5.74) is 0.565. The first-order chi connectivity index (χ1) is 9.47. The minimum absolute atomic E-state index is 0.0480. The maximum Gasteiger partial charge on any atom is 0.303 e. The fraction of sp³-hybridized carbons (Fsp3) is 0.429. The monoisotopic (exact) mass is 359 g/mol. The van der Waals surface area contributed by atoms with Crippen LogP contribution in [0.15, 0.2) is 22.7 Å². The van der Waals surface area contributed by atoms with Crippen molar-refractivity contribution in [1.29, 1.82) is 0 Å². The number of halogens is 2. The topological polar surface area (TPSA) is 57.6 Å². The molecule has 1 N–H and O–H groups in total. The number of carbonyl (C=O) groups excluding carboxylic acids is 1. The van der Waals surface area contributed by atoms with E-state index in [1.165, 1.54) is 0 Å². The van der Waals surface area contributed by atoms with Gasteiger partial charge in [-0.15, -0.1) is 0 Å². The van der Waals surface area contributed by atoms with Gasteiger partial charge in [0.2, 0.25) is 0 Å². The number of rotatable bonds is 3. The van der Waals surface area contributed by atoms with E-state index in [0.717, 1.165) is 17.3 Å². The Morgan fingerprint density at radius 3 is 2.55 bits per heavy atom. The second kappa shape index (κ2) is 6.59. The van der Waals surface area contributed by atoms with E-state index >= 15 is 0 Å². The summed E-state index contributed by atoms with van der Waals surface area (Å²) in [4.78, 5) is 24.8. The molecule has 0 aliphatic carbocycles. The standard InChI is InChI=1S/C14H15BrClNO3/c15-11-2-1-10(8-12(11)16)14(20)17-5-3-9(4-6-17)7-13(18)19/h1-2,8-9H,3-7H2,(H,18,19). The number of carbonyl (C=O) groups is 2. The van der Waals surface area contributed by atoms with E-state index in [1.807, 2.05) is 0 Å². The van der Waals surface area contributed by atoms with Crippen molar-refractivity contribution >= 4 is 39.4 Å². The number of nitrogens with zero attached hydrogens (tertiary/aromatic N) is 1. The third kappa shape index (κ3) is 3.73. The number of piperidine rings is 1. The Bertz CT molecular complexity index is 527. The molecule has 6 heteroatoms. The Balaban J connectivity index is 1.97. The maximum absolute atomic E-state index is 12.3. The van der Waals surface area contributed by atoms with E-state index in [2.05, 4.69) is 15.9 Å². The first kappa shape index (κ1) is 15.3. The van der Waals surface area contributed by atoms with Crippen molar-refractivity contribution in [2.45, 2.75) is 19.3 Å². The van der Waals surface area contributed by atoms with Crippen LogP contribution in [0.3, 0.4) is 0 Å². The van der Waals surface area contributed by atoms with Gasteiger partial charge in [0.15, 0.2) is 0 Å². The Morgan fingerprint density at radius 2 is 2.00 bits per heavy atom. The highest BCUT2D eigenvalue weighted by atomic mass is 79.9. The molecule has 0 saturated carbocycles. The van der Waals surface area contributed by atoms with Crippen molar-refractivity contribution in [2.24, 2.45) is 5.92 Å². The second-order valence-electron chi connectivity index (χ2n) is 4.96. The summed E-state index contributed by atoms with van der Waals surface area (Å²) >= 11 is 9.29. The van der Waals surface area contributed by atoms with Gasteiger partial charge < -0.3 is 10.0 Å². The zero-order valence-corrected chi connectivity index (χ0v) is 13.2. The van der Waals surface area contributed by atoms with Gasteiger partial charge in [0, 0.05) is 29.5 Å². The highest BCUT2D eigenvalue weighted by Crippen LogP contribution is 2.26. The summed E-state index contributed by atoms with van der Waals surface area (Å²) in [6.45, 7) is 1.20. The normalized spacial score (nSPS) is 16.2. The van der Waals surface area contributed by atoms with Gasteiger partial charge in [-0.05, 0) is 52.9 Å². The first-order valence-corrected chi connectivity index (χ1v) is 7.60. The molecule has 20 heavy (non-hydrogen) atoms. The van der Waals surface area contributed by atoms with Crippen LogP contribution in [0.2, 0.25) is 5.02 Å². The number of likely N-dealkylation sites (tertiary alicyclic amines) is 1. The molecule has 1 heterocycles. The zero-order valence-electron chi connectivity index (χ0n) is 10.8. The molecule has 108 valence electrons. The molecule has 4 nitrogen and oxygen atoms in total. The number of hydrogen-bond acceptors (Lipinski definition) is 2. The average Bonchev–Trinajstić information content (AvgIpc) is 2.41. The lowest BCUT2D eigenvalue weighted by Gasteiger charge is -2.31. The predicted molar refractivity (Wildman–Crippen MR) is 80.0 cm³/mol. The fourth-order valence-corrected chi connectivity index (χ4v) is 2.83. The van der Waals surface area contributed by atoms with Crippen LogP contribution in [0.5, 0.6) is 0 Å². The van der Waals surface area contributed by atoms with Gasteiger partial charge in [-0.3, -0.25) is 9.59 Å². The molecule has 1 amide bonds. The van der Waals surface area contributed by atoms with Crippen molar-refractivity contribution in [3.63, 3.8) is 0 Å². The van der Waals surface area contributed by atoms with E-state index in [4.69, 9.17) is 16.7 Å². The average molecular weight is 361 g/mol. The molecule has 0 spiro atoms. The molecule has 1 aromatic carbocycles. The molecule has 0 unspecified atom stereocenters. The lowest BCUT2D eigenvalue weighted by atomic mass is 9.93. The Kier molecular flexibility index (Phi) is 5.05. The molecule has 2 rings (SSSR count). The zero-order chi connectivity index (χ0) is 14.7. The smallest absolute Gasteiger partial charge is 0.303 e. The third-order valence-electron chi connectivity index (χ3n) is 3.53. The largest absolute Gasteiger partial charge is 0.481 e. The summed E-state index contributed by atoms with van der Waals surface area (Å²) in [6.07, 6.45) is 1.66. The van der Waals surface area contributed by atoms with Crippen molar-refractivity contribution < 1.29 is 14.7 Å². The highest BCUT2D eigenvalue weighted by Gasteiger charge is 2.25. The molecule has 0 bridgehead atoms. The summed E-state index contributed by atoms with van der Waals surface area (Å²) in [7, 11) is 0. The molecule has 1 aliphatic heterocycles. The number of amides is 1. The molecule has 0 aromatic heterocycles.